The molecule has 0 aliphatic rings. The number of para-hydroxylation sites is 1. The zero-order valence-electron chi connectivity index (χ0n) is 28.8. The Bertz CT molecular complexity index is 2120. The predicted molar refractivity (Wildman–Crippen MR) is 205 cm³/mol. The third-order valence-electron chi connectivity index (χ3n) is 8.26. The summed E-state index contributed by atoms with van der Waals surface area (Å²) in [4.78, 5) is 56.9. The summed E-state index contributed by atoms with van der Waals surface area (Å²) in [7, 11) is 3.07. The highest BCUT2D eigenvalue weighted by atomic mass is 35.5. The molecule has 4 aromatic carbocycles. The molecule has 1 aromatic heterocycles. The second-order valence-electron chi connectivity index (χ2n) is 11.9. The molecule has 3 N–H and O–H groups in total. The quantitative estimate of drug-likeness (QED) is 0.122. The smallest absolute Gasteiger partial charge is 0.251 e. The summed E-state index contributed by atoms with van der Waals surface area (Å²) in [6.07, 6.45) is 3.19. The molecule has 0 spiro atoms. The molecule has 12 heteroatoms. The van der Waals surface area contributed by atoms with Gasteiger partial charge in [0.05, 0.1) is 17.3 Å². The van der Waals surface area contributed by atoms with Gasteiger partial charge >= 0.3 is 0 Å². The largest absolute Gasteiger partial charge is 0.487 e. The number of halogens is 2. The van der Waals surface area contributed by atoms with Crippen LogP contribution in [-0.4, -0.2) is 55.3 Å². The first-order valence-electron chi connectivity index (χ1n) is 16.4. The number of carbonyl (C=O) groups excluding carboxylic acids is 4. The van der Waals surface area contributed by atoms with Gasteiger partial charge in [-0.25, -0.2) is 4.98 Å². The van der Waals surface area contributed by atoms with Gasteiger partial charge in [0.1, 0.15) is 23.9 Å². The van der Waals surface area contributed by atoms with E-state index < -0.39 is 23.8 Å². The summed E-state index contributed by atoms with van der Waals surface area (Å²) in [5, 5.41) is 9.52. The number of ether oxygens (including phenoxy) is 1. The van der Waals surface area contributed by atoms with Gasteiger partial charge in [-0.05, 0) is 60.5 Å². The van der Waals surface area contributed by atoms with Crippen molar-refractivity contribution in [1.29, 1.82) is 0 Å². The molecule has 0 bridgehead atoms. The standard InChI is InChI=1S/C40H37Cl2N5O5/c1-25-12-16-28-10-7-11-34(38(28)45-25)52-24-30-31(41)19-20-33(37(30)42)47(3)36(49)23-44-35(48)21-15-26-13-17-29(18-14-26)39(50)46-32(40(51)43-2)22-27-8-5-4-6-9-27/h4-21,32H,22-24H2,1-3H3,(H,43,51)(H,44,48)(H,46,50)/t32-/m1/s1. The number of hydrogen-bond acceptors (Lipinski definition) is 6. The van der Waals surface area contributed by atoms with Crippen LogP contribution >= 0.6 is 23.2 Å². The molecule has 5 rings (SSSR count). The minimum Gasteiger partial charge on any atom is -0.487 e. The average Bonchev–Trinajstić information content (AvgIpc) is 3.15. The Labute approximate surface area is 311 Å². The molecule has 0 saturated carbocycles. The van der Waals surface area contributed by atoms with Crippen molar-refractivity contribution in [2.24, 2.45) is 0 Å². The highest BCUT2D eigenvalue weighted by Gasteiger charge is 2.22. The number of fused-ring (bicyclic) bond motifs is 1. The Hall–Kier alpha value is -5.71. The van der Waals surface area contributed by atoms with Crippen molar-refractivity contribution in [3.05, 3.63) is 141 Å². The number of hydrogen-bond donors (Lipinski definition) is 3. The lowest BCUT2D eigenvalue weighted by molar-refractivity contribution is -0.122. The molecular formula is C40H37Cl2N5O5. The molecule has 0 saturated heterocycles. The molecule has 0 aliphatic heterocycles. The average molecular weight is 739 g/mol. The molecule has 0 radical (unpaired) electrons. The Morgan fingerprint density at radius 1 is 0.904 bits per heavy atom. The summed E-state index contributed by atoms with van der Waals surface area (Å²) in [5.41, 5.74) is 4.39. The summed E-state index contributed by atoms with van der Waals surface area (Å²) < 4.78 is 6.09. The van der Waals surface area contributed by atoms with E-state index in [1.807, 2.05) is 67.6 Å². The molecule has 10 nitrogen and oxygen atoms in total. The number of benzene rings is 4. The van der Waals surface area contributed by atoms with Gasteiger partial charge in [0.15, 0.2) is 0 Å². The summed E-state index contributed by atoms with van der Waals surface area (Å²) in [6.45, 7) is 1.66. The fraction of sp³-hybridized carbons (Fsp3) is 0.175. The predicted octanol–water partition coefficient (Wildman–Crippen LogP) is 6.31. The van der Waals surface area contributed by atoms with Crippen LogP contribution in [-0.2, 0) is 27.4 Å². The normalized spacial score (nSPS) is 11.6. The van der Waals surface area contributed by atoms with E-state index in [1.54, 1.807) is 49.5 Å². The second kappa shape index (κ2) is 17.5. The van der Waals surface area contributed by atoms with Crippen molar-refractivity contribution in [2.45, 2.75) is 26.0 Å². The van der Waals surface area contributed by atoms with Crippen molar-refractivity contribution < 1.29 is 23.9 Å². The maximum absolute atomic E-state index is 13.1. The van der Waals surface area contributed by atoms with Crippen molar-refractivity contribution in [2.75, 3.05) is 25.5 Å². The fourth-order valence-electron chi connectivity index (χ4n) is 5.33. The number of nitrogens with one attached hydrogen (secondary N) is 3. The van der Waals surface area contributed by atoms with E-state index in [2.05, 4.69) is 20.9 Å². The topological polar surface area (TPSA) is 130 Å². The van der Waals surface area contributed by atoms with Gasteiger partial charge in [0, 0.05) is 53.8 Å². The van der Waals surface area contributed by atoms with Crippen LogP contribution in [0.25, 0.3) is 17.0 Å². The Balaban J connectivity index is 1.14. The Morgan fingerprint density at radius 2 is 1.65 bits per heavy atom. The molecule has 0 aliphatic carbocycles. The molecule has 52 heavy (non-hydrogen) atoms. The van der Waals surface area contributed by atoms with E-state index in [9.17, 15) is 19.2 Å². The van der Waals surface area contributed by atoms with E-state index in [0.29, 0.717) is 39.6 Å². The first kappa shape index (κ1) is 37.5. The fourth-order valence-corrected chi connectivity index (χ4v) is 5.93. The van der Waals surface area contributed by atoms with Gasteiger partial charge in [-0.2, -0.15) is 0 Å². The zero-order chi connectivity index (χ0) is 37.2. The number of amides is 4. The zero-order valence-corrected chi connectivity index (χ0v) is 30.3. The lowest BCUT2D eigenvalue weighted by Gasteiger charge is -2.21. The third kappa shape index (κ3) is 9.54. The van der Waals surface area contributed by atoms with Crippen LogP contribution in [0.5, 0.6) is 5.75 Å². The summed E-state index contributed by atoms with van der Waals surface area (Å²) >= 11 is 13.2. The van der Waals surface area contributed by atoms with Crippen LogP contribution in [0.3, 0.4) is 0 Å². The van der Waals surface area contributed by atoms with Gasteiger partial charge in [-0.15, -0.1) is 0 Å². The highest BCUT2D eigenvalue weighted by molar-refractivity contribution is 6.38. The first-order chi connectivity index (χ1) is 25.0. The SMILES string of the molecule is CNC(=O)[C@@H](Cc1ccccc1)NC(=O)c1ccc(C=CC(=O)NCC(=O)N(C)c2ccc(Cl)c(COc3cccc4ccc(C)nc34)c2Cl)cc1. The monoisotopic (exact) mass is 737 g/mol. The molecule has 4 amide bonds. The number of aryl methyl sites for hydroxylation is 1. The number of carbonyl (C=O) groups is 4. The van der Waals surface area contributed by atoms with E-state index in [4.69, 9.17) is 27.9 Å². The molecule has 0 fully saturated rings. The minimum absolute atomic E-state index is 0.0419. The van der Waals surface area contributed by atoms with E-state index in [1.165, 1.54) is 18.0 Å². The van der Waals surface area contributed by atoms with Crippen molar-refractivity contribution >= 4 is 69.5 Å². The number of rotatable bonds is 13. The van der Waals surface area contributed by atoms with Crippen molar-refractivity contribution in [1.82, 2.24) is 20.9 Å². The number of likely N-dealkylation sites (N-methyl/N-ethyl adjacent to an activating group) is 2. The van der Waals surface area contributed by atoms with Crippen LogP contribution in [0.2, 0.25) is 10.0 Å². The molecule has 0 unspecified atom stereocenters. The van der Waals surface area contributed by atoms with Crippen LogP contribution in [0, 0.1) is 6.92 Å². The highest BCUT2D eigenvalue weighted by Crippen LogP contribution is 2.35. The van der Waals surface area contributed by atoms with Crippen LogP contribution in [0.15, 0.2) is 103 Å². The van der Waals surface area contributed by atoms with Crippen LogP contribution in [0.1, 0.15) is 32.7 Å². The molecule has 5 aromatic rings. The first-order valence-corrected chi connectivity index (χ1v) is 17.1. The molecule has 1 heterocycles. The summed E-state index contributed by atoms with van der Waals surface area (Å²) in [5.74, 6) is -1.04. The molecular weight excluding hydrogens is 701 g/mol. The van der Waals surface area contributed by atoms with Crippen LogP contribution < -0.4 is 25.6 Å². The minimum atomic E-state index is -0.750. The lowest BCUT2D eigenvalue weighted by Crippen LogP contribution is -2.47. The van der Waals surface area contributed by atoms with Crippen molar-refractivity contribution in [3.63, 3.8) is 0 Å². The number of nitrogens with zero attached hydrogens (tertiary/aromatic N) is 2. The second-order valence-corrected chi connectivity index (χ2v) is 12.7. The van der Waals surface area contributed by atoms with Gasteiger partial charge in [-0.3, -0.25) is 19.2 Å². The van der Waals surface area contributed by atoms with Gasteiger partial charge in [0.2, 0.25) is 17.7 Å². The van der Waals surface area contributed by atoms with E-state index in [0.717, 1.165) is 22.2 Å². The van der Waals surface area contributed by atoms with Crippen LogP contribution in [0.4, 0.5) is 5.69 Å². The number of anilines is 1. The Morgan fingerprint density at radius 3 is 2.38 bits per heavy atom. The number of pyridine rings is 1. The van der Waals surface area contributed by atoms with Gasteiger partial charge < -0.3 is 25.6 Å². The Kier molecular flexibility index (Phi) is 12.6. The third-order valence-corrected chi connectivity index (χ3v) is 9.04. The van der Waals surface area contributed by atoms with E-state index in [-0.39, 0.29) is 24.1 Å². The van der Waals surface area contributed by atoms with E-state index >= 15 is 0 Å². The summed E-state index contributed by atoms with van der Waals surface area (Å²) in [6, 6.07) is 28.0. The maximum Gasteiger partial charge on any atom is 0.251 e. The lowest BCUT2D eigenvalue weighted by atomic mass is 10.0. The van der Waals surface area contributed by atoms with Crippen molar-refractivity contribution in [3.8, 4) is 5.75 Å². The van der Waals surface area contributed by atoms with Gasteiger partial charge in [0.25, 0.3) is 5.91 Å². The maximum atomic E-state index is 13.1. The van der Waals surface area contributed by atoms with Gasteiger partial charge in [-0.1, -0.05) is 83.9 Å². The molecule has 1 atom stereocenters. The number of aromatic nitrogens is 1. The molecule has 266 valence electrons.